The average Bonchev–Trinajstić information content (AvgIpc) is 2.42. The highest BCUT2D eigenvalue weighted by Crippen LogP contribution is 2.20. The van der Waals surface area contributed by atoms with E-state index < -0.39 is 16.0 Å². The molecular formula is C14H22N2O4S. The number of nitrogens with zero attached hydrogens (tertiary/aromatic N) is 1. The van der Waals surface area contributed by atoms with Gasteiger partial charge in [0.15, 0.2) is 0 Å². The van der Waals surface area contributed by atoms with E-state index in [1.54, 1.807) is 17.0 Å². The summed E-state index contributed by atoms with van der Waals surface area (Å²) in [4.78, 5) is 12.8. The molecule has 2 N–H and O–H groups in total. The van der Waals surface area contributed by atoms with Crippen molar-refractivity contribution in [1.29, 1.82) is 0 Å². The van der Waals surface area contributed by atoms with Crippen LogP contribution in [-0.2, 0) is 14.8 Å². The fourth-order valence-corrected chi connectivity index (χ4v) is 2.99. The molecule has 0 atom stereocenters. The number of carboxylic acids is 1. The van der Waals surface area contributed by atoms with E-state index in [-0.39, 0.29) is 17.5 Å². The van der Waals surface area contributed by atoms with Gasteiger partial charge in [0, 0.05) is 18.3 Å². The van der Waals surface area contributed by atoms with E-state index in [0.717, 1.165) is 6.42 Å². The van der Waals surface area contributed by atoms with Crippen LogP contribution in [0.4, 0.5) is 5.69 Å². The zero-order valence-corrected chi connectivity index (χ0v) is 13.4. The number of nitrogens with one attached hydrogen (secondary N) is 1. The van der Waals surface area contributed by atoms with Gasteiger partial charge in [-0.05, 0) is 44.5 Å². The molecule has 1 aromatic rings. The fourth-order valence-electron chi connectivity index (χ4n) is 1.85. The predicted molar refractivity (Wildman–Crippen MR) is 82.0 cm³/mol. The van der Waals surface area contributed by atoms with Crippen LogP contribution in [0, 0.1) is 0 Å². The summed E-state index contributed by atoms with van der Waals surface area (Å²) in [5.41, 5.74) is 0.682. The second-order valence-electron chi connectivity index (χ2n) is 5.01. The molecule has 0 aliphatic rings. The molecule has 0 spiro atoms. The third-order valence-electron chi connectivity index (χ3n) is 2.95. The van der Waals surface area contributed by atoms with Crippen LogP contribution in [0.5, 0.6) is 0 Å². The van der Waals surface area contributed by atoms with Gasteiger partial charge in [0.05, 0.1) is 4.90 Å². The smallest absolute Gasteiger partial charge is 0.323 e. The lowest BCUT2D eigenvalue weighted by Crippen LogP contribution is -2.35. The third kappa shape index (κ3) is 5.02. The van der Waals surface area contributed by atoms with Gasteiger partial charge in [0.2, 0.25) is 10.0 Å². The van der Waals surface area contributed by atoms with Crippen molar-refractivity contribution >= 4 is 21.7 Å². The molecule has 0 radical (unpaired) electrons. The Hall–Kier alpha value is -1.60. The van der Waals surface area contributed by atoms with Gasteiger partial charge in [0.25, 0.3) is 0 Å². The Kier molecular flexibility index (Phi) is 6.17. The Morgan fingerprint density at radius 1 is 1.29 bits per heavy atom. The Morgan fingerprint density at radius 3 is 2.29 bits per heavy atom. The van der Waals surface area contributed by atoms with Crippen molar-refractivity contribution in [2.45, 2.75) is 38.1 Å². The summed E-state index contributed by atoms with van der Waals surface area (Å²) < 4.78 is 26.4. The molecule has 118 valence electrons. The molecular weight excluding hydrogens is 292 g/mol. The lowest BCUT2D eigenvalue weighted by Gasteiger charge is -2.27. The van der Waals surface area contributed by atoms with Crippen LogP contribution < -0.4 is 9.62 Å². The van der Waals surface area contributed by atoms with Gasteiger partial charge in [-0.3, -0.25) is 4.79 Å². The number of anilines is 1. The van der Waals surface area contributed by atoms with Gasteiger partial charge < -0.3 is 10.0 Å². The zero-order valence-electron chi connectivity index (χ0n) is 12.5. The van der Waals surface area contributed by atoms with E-state index in [2.05, 4.69) is 4.72 Å². The molecule has 0 fully saturated rings. The monoisotopic (exact) mass is 314 g/mol. The van der Waals surface area contributed by atoms with E-state index in [4.69, 9.17) is 5.11 Å². The van der Waals surface area contributed by atoms with Gasteiger partial charge in [-0.25, -0.2) is 13.1 Å². The molecule has 0 saturated carbocycles. The number of hydrogen-bond donors (Lipinski definition) is 2. The topological polar surface area (TPSA) is 86.7 Å². The molecule has 0 saturated heterocycles. The van der Waals surface area contributed by atoms with Crippen LogP contribution in [0.3, 0.4) is 0 Å². The minimum absolute atomic E-state index is 0.00164. The fraction of sp³-hybridized carbons (Fsp3) is 0.500. The number of sulfonamides is 1. The summed E-state index contributed by atoms with van der Waals surface area (Å²) in [6, 6.07) is 6.24. The minimum atomic E-state index is -3.49. The van der Waals surface area contributed by atoms with Crippen LogP contribution in [0.2, 0.25) is 0 Å². The van der Waals surface area contributed by atoms with Crippen molar-refractivity contribution in [3.63, 3.8) is 0 Å². The van der Waals surface area contributed by atoms with Crippen molar-refractivity contribution in [3.8, 4) is 0 Å². The molecule has 0 aromatic heterocycles. The van der Waals surface area contributed by atoms with Crippen LogP contribution in [-0.4, -0.2) is 38.6 Å². The molecule has 0 unspecified atom stereocenters. The zero-order chi connectivity index (χ0) is 16.0. The van der Waals surface area contributed by atoms with Gasteiger partial charge in [-0.1, -0.05) is 6.92 Å². The maximum Gasteiger partial charge on any atom is 0.323 e. The molecule has 0 bridgehead atoms. The molecule has 0 amide bonds. The van der Waals surface area contributed by atoms with Gasteiger partial charge >= 0.3 is 5.97 Å². The highest BCUT2D eigenvalue weighted by atomic mass is 32.2. The molecule has 1 rings (SSSR count). The Morgan fingerprint density at radius 2 is 1.86 bits per heavy atom. The van der Waals surface area contributed by atoms with Gasteiger partial charge in [-0.15, -0.1) is 0 Å². The second-order valence-corrected chi connectivity index (χ2v) is 6.77. The largest absolute Gasteiger partial charge is 0.480 e. The number of benzene rings is 1. The SMILES string of the molecule is CCCNS(=O)(=O)c1ccc(N(CC(=O)O)C(C)C)cc1. The first kappa shape index (κ1) is 17.5. The summed E-state index contributed by atoms with van der Waals surface area (Å²) in [7, 11) is -3.49. The third-order valence-corrected chi connectivity index (χ3v) is 4.43. The van der Waals surface area contributed by atoms with Crippen molar-refractivity contribution in [3.05, 3.63) is 24.3 Å². The molecule has 7 heteroatoms. The molecule has 0 aliphatic heterocycles. The van der Waals surface area contributed by atoms with E-state index in [1.165, 1.54) is 12.1 Å². The Bertz CT molecular complexity index is 567. The van der Waals surface area contributed by atoms with Crippen LogP contribution in [0.15, 0.2) is 29.2 Å². The summed E-state index contributed by atoms with van der Waals surface area (Å²) >= 11 is 0. The molecule has 0 heterocycles. The lowest BCUT2D eigenvalue weighted by molar-refractivity contribution is -0.135. The van der Waals surface area contributed by atoms with Crippen molar-refractivity contribution in [1.82, 2.24) is 4.72 Å². The molecule has 0 aliphatic carbocycles. The maximum atomic E-state index is 12.0. The summed E-state index contributed by atoms with van der Waals surface area (Å²) in [6.07, 6.45) is 0.719. The highest BCUT2D eigenvalue weighted by Gasteiger charge is 2.17. The average molecular weight is 314 g/mol. The van der Waals surface area contributed by atoms with Gasteiger partial charge in [0.1, 0.15) is 6.54 Å². The van der Waals surface area contributed by atoms with Crippen LogP contribution in [0.25, 0.3) is 0 Å². The van der Waals surface area contributed by atoms with Crippen molar-refractivity contribution in [2.24, 2.45) is 0 Å². The summed E-state index contributed by atoms with van der Waals surface area (Å²) in [5.74, 6) is -0.926. The van der Waals surface area contributed by atoms with E-state index >= 15 is 0 Å². The summed E-state index contributed by atoms with van der Waals surface area (Å²) in [5, 5.41) is 8.93. The van der Waals surface area contributed by atoms with Crippen molar-refractivity contribution < 1.29 is 18.3 Å². The predicted octanol–water partition coefficient (Wildman–Crippen LogP) is 1.67. The minimum Gasteiger partial charge on any atom is -0.480 e. The Balaban J connectivity index is 2.97. The molecule has 21 heavy (non-hydrogen) atoms. The number of carboxylic acid groups (broad SMARTS) is 1. The first-order valence-electron chi connectivity index (χ1n) is 6.86. The normalized spacial score (nSPS) is 11.6. The number of rotatable bonds is 8. The van der Waals surface area contributed by atoms with E-state index in [9.17, 15) is 13.2 Å². The standard InChI is InChI=1S/C14H22N2O4S/c1-4-9-15-21(19,20)13-7-5-12(6-8-13)16(11(2)3)10-14(17)18/h5-8,11,15H,4,9-10H2,1-3H3,(H,17,18). The number of hydrogen-bond acceptors (Lipinski definition) is 4. The molecule has 1 aromatic carbocycles. The van der Waals surface area contributed by atoms with Crippen LogP contribution in [0.1, 0.15) is 27.2 Å². The lowest BCUT2D eigenvalue weighted by atomic mass is 10.2. The summed E-state index contributed by atoms with van der Waals surface area (Å²) in [6.45, 7) is 5.92. The Labute approximate surface area is 125 Å². The maximum absolute atomic E-state index is 12.0. The number of carbonyl (C=O) groups is 1. The molecule has 6 nitrogen and oxygen atoms in total. The van der Waals surface area contributed by atoms with E-state index in [0.29, 0.717) is 12.2 Å². The quantitative estimate of drug-likeness (QED) is 0.762. The van der Waals surface area contributed by atoms with E-state index in [1.807, 2.05) is 20.8 Å². The first-order chi connectivity index (χ1) is 9.77. The number of aliphatic carboxylic acids is 1. The van der Waals surface area contributed by atoms with Gasteiger partial charge in [-0.2, -0.15) is 0 Å². The second kappa shape index (κ2) is 7.42. The van der Waals surface area contributed by atoms with Crippen LogP contribution >= 0.6 is 0 Å². The van der Waals surface area contributed by atoms with Crippen molar-refractivity contribution in [2.75, 3.05) is 18.0 Å². The first-order valence-corrected chi connectivity index (χ1v) is 8.34. The highest BCUT2D eigenvalue weighted by molar-refractivity contribution is 7.89.